The van der Waals surface area contributed by atoms with Gasteiger partial charge in [0.15, 0.2) is 11.6 Å². The van der Waals surface area contributed by atoms with Gasteiger partial charge in [0.05, 0.1) is 19.3 Å². The topological polar surface area (TPSA) is 36.3 Å². The van der Waals surface area contributed by atoms with Crippen molar-refractivity contribution in [3.05, 3.63) is 76.7 Å². The maximum atomic E-state index is 13.9. The van der Waals surface area contributed by atoms with Crippen LogP contribution in [0.15, 0.2) is 42.5 Å². The van der Waals surface area contributed by atoms with Crippen molar-refractivity contribution in [1.29, 1.82) is 0 Å². The first-order chi connectivity index (χ1) is 13.5. The number of rotatable bonds is 8. The van der Waals surface area contributed by atoms with Crippen LogP contribution in [0.3, 0.4) is 0 Å². The molecule has 0 saturated heterocycles. The van der Waals surface area contributed by atoms with Crippen molar-refractivity contribution >= 4 is 12.4 Å². The zero-order valence-corrected chi connectivity index (χ0v) is 16.9. The van der Waals surface area contributed by atoms with Gasteiger partial charge in [-0.1, -0.05) is 25.5 Å². The summed E-state index contributed by atoms with van der Waals surface area (Å²) in [6.45, 7) is 2.26. The van der Waals surface area contributed by atoms with Crippen LogP contribution in [0, 0.1) is 17.5 Å². The van der Waals surface area contributed by atoms with Crippen LogP contribution >= 0.6 is 12.4 Å². The van der Waals surface area contributed by atoms with Gasteiger partial charge >= 0.3 is 0 Å². The SMILES string of the molecule is CCCc1cc(OCc2cc(F)c(F)cc2F)n(Cc2ccc(OC)cc2)n1.Cl. The maximum absolute atomic E-state index is 13.9. The van der Waals surface area contributed by atoms with E-state index >= 15 is 0 Å². The summed E-state index contributed by atoms with van der Waals surface area (Å²) in [5, 5.41) is 4.54. The Labute approximate surface area is 173 Å². The molecule has 1 aromatic heterocycles. The van der Waals surface area contributed by atoms with E-state index in [-0.39, 0.29) is 24.6 Å². The molecule has 3 rings (SSSR count). The minimum atomic E-state index is -1.23. The number of methoxy groups -OCH3 is 1. The monoisotopic (exact) mass is 426 g/mol. The van der Waals surface area contributed by atoms with Crippen molar-refractivity contribution in [2.45, 2.75) is 32.9 Å². The smallest absolute Gasteiger partial charge is 0.212 e. The van der Waals surface area contributed by atoms with E-state index in [0.29, 0.717) is 18.5 Å². The molecule has 3 aromatic rings. The Kier molecular flexibility index (Phi) is 7.96. The zero-order valence-electron chi connectivity index (χ0n) is 16.1. The quantitative estimate of drug-likeness (QED) is 0.458. The van der Waals surface area contributed by atoms with Crippen LogP contribution in [0.25, 0.3) is 0 Å². The number of nitrogens with zero attached hydrogens (tertiary/aromatic N) is 2. The molecule has 156 valence electrons. The van der Waals surface area contributed by atoms with E-state index in [0.717, 1.165) is 35.9 Å². The molecular weight excluding hydrogens is 405 g/mol. The van der Waals surface area contributed by atoms with Crippen LogP contribution in [-0.2, 0) is 19.6 Å². The van der Waals surface area contributed by atoms with E-state index in [1.165, 1.54) is 0 Å². The van der Waals surface area contributed by atoms with Crippen LogP contribution in [0.5, 0.6) is 11.6 Å². The molecule has 0 aliphatic heterocycles. The van der Waals surface area contributed by atoms with Crippen LogP contribution < -0.4 is 9.47 Å². The second-order valence-electron chi connectivity index (χ2n) is 6.38. The summed E-state index contributed by atoms with van der Waals surface area (Å²) in [5.74, 6) is -2.01. The standard InChI is InChI=1S/C21H21F3N2O2.ClH/c1-3-4-16-10-21(28-13-15-9-19(23)20(24)11-18(15)22)26(25-16)12-14-5-7-17(27-2)8-6-14;/h5-11H,3-4,12-13H2,1-2H3;1H. The predicted octanol–water partition coefficient (Wildman–Crippen LogP) is 5.31. The van der Waals surface area contributed by atoms with E-state index in [1.54, 1.807) is 17.9 Å². The Morgan fingerprint density at radius 3 is 2.31 bits per heavy atom. The zero-order chi connectivity index (χ0) is 20.1. The third-order valence-corrected chi connectivity index (χ3v) is 4.26. The molecule has 0 N–H and O–H groups in total. The molecule has 4 nitrogen and oxygen atoms in total. The number of halogens is 4. The first kappa shape index (κ1) is 22.6. The summed E-state index contributed by atoms with van der Waals surface area (Å²) < 4.78 is 52.9. The molecule has 0 aliphatic carbocycles. The lowest BCUT2D eigenvalue weighted by atomic mass is 10.2. The minimum Gasteiger partial charge on any atom is -0.497 e. The highest BCUT2D eigenvalue weighted by molar-refractivity contribution is 5.85. The Bertz CT molecular complexity index is 946. The molecule has 29 heavy (non-hydrogen) atoms. The average molecular weight is 427 g/mol. The molecule has 1 heterocycles. The molecule has 0 fully saturated rings. The summed E-state index contributed by atoms with van der Waals surface area (Å²) in [7, 11) is 1.60. The van der Waals surface area contributed by atoms with Crippen molar-refractivity contribution in [2.75, 3.05) is 7.11 Å². The summed E-state index contributed by atoms with van der Waals surface area (Å²) >= 11 is 0. The highest BCUT2D eigenvalue weighted by Crippen LogP contribution is 2.21. The second-order valence-corrected chi connectivity index (χ2v) is 6.38. The summed E-state index contributed by atoms with van der Waals surface area (Å²) in [6, 6.07) is 10.6. The van der Waals surface area contributed by atoms with E-state index < -0.39 is 17.5 Å². The van der Waals surface area contributed by atoms with Crippen molar-refractivity contribution < 1.29 is 22.6 Å². The third kappa shape index (κ3) is 5.67. The highest BCUT2D eigenvalue weighted by Gasteiger charge is 2.14. The molecule has 0 saturated carbocycles. The lowest BCUT2D eigenvalue weighted by Gasteiger charge is -2.10. The summed E-state index contributed by atoms with van der Waals surface area (Å²) in [4.78, 5) is 0. The van der Waals surface area contributed by atoms with Crippen LogP contribution in [0.2, 0.25) is 0 Å². The Hall–Kier alpha value is -2.67. The number of benzene rings is 2. The Morgan fingerprint density at radius 1 is 0.966 bits per heavy atom. The predicted molar refractivity (Wildman–Crippen MR) is 106 cm³/mol. The van der Waals surface area contributed by atoms with Crippen molar-refractivity contribution in [2.24, 2.45) is 0 Å². The van der Waals surface area contributed by atoms with Gasteiger partial charge < -0.3 is 9.47 Å². The Morgan fingerprint density at radius 2 is 1.66 bits per heavy atom. The molecule has 0 bridgehead atoms. The number of ether oxygens (including phenoxy) is 2. The van der Waals surface area contributed by atoms with Gasteiger partial charge in [0.2, 0.25) is 5.88 Å². The Balaban J connectivity index is 0.00000300. The fourth-order valence-corrected chi connectivity index (χ4v) is 2.79. The molecule has 0 unspecified atom stereocenters. The van der Waals surface area contributed by atoms with Crippen LogP contribution in [-0.4, -0.2) is 16.9 Å². The fourth-order valence-electron chi connectivity index (χ4n) is 2.79. The van der Waals surface area contributed by atoms with Crippen molar-refractivity contribution in [3.8, 4) is 11.6 Å². The molecule has 0 radical (unpaired) electrons. The lowest BCUT2D eigenvalue weighted by Crippen LogP contribution is -2.08. The van der Waals surface area contributed by atoms with Gasteiger partial charge in [0, 0.05) is 17.7 Å². The first-order valence-corrected chi connectivity index (χ1v) is 8.96. The van der Waals surface area contributed by atoms with E-state index in [4.69, 9.17) is 9.47 Å². The average Bonchev–Trinajstić information content (AvgIpc) is 3.06. The molecule has 8 heteroatoms. The van der Waals surface area contributed by atoms with E-state index in [2.05, 4.69) is 5.10 Å². The molecule has 0 atom stereocenters. The maximum Gasteiger partial charge on any atom is 0.212 e. The van der Waals surface area contributed by atoms with Crippen molar-refractivity contribution in [3.63, 3.8) is 0 Å². The fraction of sp³-hybridized carbons (Fsp3) is 0.286. The molecule has 0 aliphatic rings. The van der Waals surface area contributed by atoms with Gasteiger partial charge in [-0.15, -0.1) is 12.4 Å². The normalized spacial score (nSPS) is 10.5. The number of hydrogen-bond acceptors (Lipinski definition) is 3. The molecular formula is C21H22ClF3N2O2. The minimum absolute atomic E-state index is 0. The van der Waals surface area contributed by atoms with E-state index in [1.807, 2.05) is 31.2 Å². The number of aryl methyl sites for hydroxylation is 1. The van der Waals surface area contributed by atoms with Gasteiger partial charge in [0.25, 0.3) is 0 Å². The largest absolute Gasteiger partial charge is 0.497 e. The lowest BCUT2D eigenvalue weighted by molar-refractivity contribution is 0.269. The number of aromatic nitrogens is 2. The van der Waals surface area contributed by atoms with Crippen LogP contribution in [0.1, 0.15) is 30.2 Å². The van der Waals surface area contributed by atoms with Gasteiger partial charge in [-0.3, -0.25) is 0 Å². The van der Waals surface area contributed by atoms with Gasteiger partial charge in [0.1, 0.15) is 18.2 Å². The van der Waals surface area contributed by atoms with Gasteiger partial charge in [-0.05, 0) is 30.2 Å². The second kappa shape index (κ2) is 10.2. The number of hydrogen-bond donors (Lipinski definition) is 0. The van der Waals surface area contributed by atoms with Crippen LogP contribution in [0.4, 0.5) is 13.2 Å². The highest BCUT2D eigenvalue weighted by atomic mass is 35.5. The third-order valence-electron chi connectivity index (χ3n) is 4.26. The first-order valence-electron chi connectivity index (χ1n) is 8.96. The van der Waals surface area contributed by atoms with Gasteiger partial charge in [-0.25, -0.2) is 17.9 Å². The molecule has 0 amide bonds. The molecule has 2 aromatic carbocycles. The van der Waals surface area contributed by atoms with Gasteiger partial charge in [-0.2, -0.15) is 5.10 Å². The van der Waals surface area contributed by atoms with Crippen molar-refractivity contribution in [1.82, 2.24) is 9.78 Å². The van der Waals surface area contributed by atoms with E-state index in [9.17, 15) is 13.2 Å². The summed E-state index contributed by atoms with van der Waals surface area (Å²) in [6.07, 6.45) is 1.68. The molecule has 0 spiro atoms. The summed E-state index contributed by atoms with van der Waals surface area (Å²) in [5.41, 5.74) is 1.76.